The topological polar surface area (TPSA) is 21.3 Å². The van der Waals surface area contributed by atoms with Gasteiger partial charge in [-0.2, -0.15) is 0 Å². The molecule has 96 valence electrons. The third-order valence-corrected chi connectivity index (χ3v) is 3.15. The average Bonchev–Trinajstić information content (AvgIpc) is 2.27. The first kappa shape index (κ1) is 14.2. The van der Waals surface area contributed by atoms with Gasteiger partial charge in [-0.15, -0.1) is 0 Å². The molecule has 1 N–H and O–H groups in total. The van der Waals surface area contributed by atoms with E-state index in [4.69, 9.17) is 16.3 Å². The minimum atomic E-state index is 0.515. The second kappa shape index (κ2) is 6.15. The van der Waals surface area contributed by atoms with E-state index in [0.717, 1.165) is 40.7 Å². The largest absolute Gasteiger partial charge is 0.491 e. The van der Waals surface area contributed by atoms with E-state index in [-0.39, 0.29) is 0 Å². The van der Waals surface area contributed by atoms with E-state index < -0.39 is 0 Å². The number of nitrogens with one attached hydrogen (secondary N) is 1. The van der Waals surface area contributed by atoms with Crippen LogP contribution in [-0.2, 0) is 0 Å². The molecule has 3 heteroatoms. The second-order valence-corrected chi connectivity index (χ2v) is 5.12. The van der Waals surface area contributed by atoms with Crippen LogP contribution in [-0.4, -0.2) is 13.2 Å². The lowest BCUT2D eigenvalue weighted by molar-refractivity contribution is 0.272. The van der Waals surface area contributed by atoms with E-state index in [0.29, 0.717) is 5.92 Å². The fourth-order valence-corrected chi connectivity index (χ4v) is 1.84. The van der Waals surface area contributed by atoms with Crippen molar-refractivity contribution in [2.75, 3.05) is 18.5 Å². The van der Waals surface area contributed by atoms with Crippen molar-refractivity contribution < 1.29 is 4.74 Å². The van der Waals surface area contributed by atoms with Crippen LogP contribution in [0.4, 0.5) is 5.69 Å². The fraction of sp³-hybridized carbons (Fsp3) is 0.571. The van der Waals surface area contributed by atoms with Crippen LogP contribution in [0.25, 0.3) is 0 Å². The molecule has 0 heterocycles. The molecule has 17 heavy (non-hydrogen) atoms. The van der Waals surface area contributed by atoms with Gasteiger partial charge in [0.25, 0.3) is 0 Å². The zero-order valence-electron chi connectivity index (χ0n) is 11.4. The molecule has 0 aromatic heterocycles. The molecule has 0 bridgehead atoms. The second-order valence-electron chi connectivity index (χ2n) is 4.74. The highest BCUT2D eigenvalue weighted by molar-refractivity contribution is 6.32. The van der Waals surface area contributed by atoms with E-state index in [9.17, 15) is 0 Å². The molecule has 0 aliphatic rings. The molecule has 1 aromatic carbocycles. The van der Waals surface area contributed by atoms with Crippen molar-refractivity contribution in [1.82, 2.24) is 0 Å². The van der Waals surface area contributed by atoms with Gasteiger partial charge in [0, 0.05) is 11.6 Å². The Kier molecular flexibility index (Phi) is 5.13. The first-order valence-electron chi connectivity index (χ1n) is 6.13. The SMILES string of the molecule is CCNc1c(OCC(C)C)cc(C)c(Cl)c1C. The highest BCUT2D eigenvalue weighted by atomic mass is 35.5. The van der Waals surface area contributed by atoms with Crippen LogP contribution in [0.1, 0.15) is 31.9 Å². The molecule has 0 fully saturated rings. The van der Waals surface area contributed by atoms with Gasteiger partial charge in [-0.1, -0.05) is 25.4 Å². The normalized spacial score (nSPS) is 10.8. The first-order chi connectivity index (χ1) is 7.97. The lowest BCUT2D eigenvalue weighted by atomic mass is 10.1. The molecular weight excluding hydrogens is 234 g/mol. The predicted octanol–water partition coefficient (Wildman–Crippen LogP) is 4.42. The van der Waals surface area contributed by atoms with Crippen LogP contribution in [0.3, 0.4) is 0 Å². The van der Waals surface area contributed by atoms with Crippen molar-refractivity contribution in [3.63, 3.8) is 0 Å². The zero-order chi connectivity index (χ0) is 13.0. The highest BCUT2D eigenvalue weighted by Crippen LogP contribution is 2.36. The van der Waals surface area contributed by atoms with E-state index >= 15 is 0 Å². The van der Waals surface area contributed by atoms with Crippen molar-refractivity contribution in [2.24, 2.45) is 5.92 Å². The van der Waals surface area contributed by atoms with Gasteiger partial charge >= 0.3 is 0 Å². The maximum atomic E-state index is 6.26. The monoisotopic (exact) mass is 255 g/mol. The van der Waals surface area contributed by atoms with Gasteiger partial charge in [0.15, 0.2) is 0 Å². The Balaban J connectivity index is 3.08. The predicted molar refractivity (Wildman–Crippen MR) is 75.4 cm³/mol. The minimum Gasteiger partial charge on any atom is -0.491 e. The van der Waals surface area contributed by atoms with Crippen molar-refractivity contribution in [3.05, 3.63) is 22.2 Å². The number of halogens is 1. The van der Waals surface area contributed by atoms with Gasteiger partial charge in [-0.3, -0.25) is 0 Å². The summed E-state index contributed by atoms with van der Waals surface area (Å²) in [4.78, 5) is 0. The summed E-state index contributed by atoms with van der Waals surface area (Å²) in [6.07, 6.45) is 0. The van der Waals surface area contributed by atoms with Crippen LogP contribution in [0.5, 0.6) is 5.75 Å². The smallest absolute Gasteiger partial charge is 0.143 e. The van der Waals surface area contributed by atoms with Crippen LogP contribution in [0, 0.1) is 19.8 Å². The summed E-state index contributed by atoms with van der Waals surface area (Å²) in [5, 5.41) is 4.14. The molecule has 0 atom stereocenters. The van der Waals surface area contributed by atoms with Crippen LogP contribution >= 0.6 is 11.6 Å². The van der Waals surface area contributed by atoms with Crippen LogP contribution in [0.2, 0.25) is 5.02 Å². The molecule has 0 spiro atoms. The number of hydrogen-bond donors (Lipinski definition) is 1. The number of rotatable bonds is 5. The molecule has 0 aliphatic carbocycles. The Bertz CT molecular complexity index is 388. The van der Waals surface area contributed by atoms with Gasteiger partial charge in [-0.05, 0) is 43.9 Å². The Morgan fingerprint density at radius 2 is 2.00 bits per heavy atom. The molecule has 1 rings (SSSR count). The molecule has 0 aliphatic heterocycles. The molecular formula is C14H22ClNO. The van der Waals surface area contributed by atoms with Gasteiger partial charge < -0.3 is 10.1 Å². The standard InChI is InChI=1S/C14H22ClNO/c1-6-16-14-11(5)13(15)10(4)7-12(14)17-8-9(2)3/h7,9,16H,6,8H2,1-5H3. The van der Waals surface area contributed by atoms with E-state index in [2.05, 4.69) is 26.1 Å². The van der Waals surface area contributed by atoms with Crippen LogP contribution in [0.15, 0.2) is 6.07 Å². The summed E-state index contributed by atoms with van der Waals surface area (Å²) in [6, 6.07) is 2.01. The van der Waals surface area contributed by atoms with Gasteiger partial charge in [0.2, 0.25) is 0 Å². The molecule has 0 radical (unpaired) electrons. The van der Waals surface area contributed by atoms with Crippen LogP contribution < -0.4 is 10.1 Å². The molecule has 0 saturated carbocycles. The molecule has 0 amide bonds. The van der Waals surface area contributed by atoms with E-state index in [1.807, 2.05) is 19.9 Å². The lowest BCUT2D eigenvalue weighted by Crippen LogP contribution is -2.09. The Morgan fingerprint density at radius 3 is 2.53 bits per heavy atom. The summed E-state index contributed by atoms with van der Waals surface area (Å²) in [7, 11) is 0. The van der Waals surface area contributed by atoms with E-state index in [1.54, 1.807) is 0 Å². The van der Waals surface area contributed by atoms with Gasteiger partial charge in [-0.25, -0.2) is 0 Å². The summed E-state index contributed by atoms with van der Waals surface area (Å²) in [6.45, 7) is 12.0. The minimum absolute atomic E-state index is 0.515. The molecule has 0 saturated heterocycles. The quantitative estimate of drug-likeness (QED) is 0.841. The van der Waals surface area contributed by atoms with Gasteiger partial charge in [0.1, 0.15) is 5.75 Å². The third-order valence-electron chi connectivity index (χ3n) is 2.57. The number of hydrogen-bond acceptors (Lipinski definition) is 2. The third kappa shape index (κ3) is 3.53. The highest BCUT2D eigenvalue weighted by Gasteiger charge is 2.12. The number of ether oxygens (including phenoxy) is 1. The number of benzene rings is 1. The van der Waals surface area contributed by atoms with Crippen molar-refractivity contribution in [2.45, 2.75) is 34.6 Å². The van der Waals surface area contributed by atoms with Gasteiger partial charge in [0.05, 0.1) is 12.3 Å². The Labute approximate surface area is 109 Å². The fourth-order valence-electron chi connectivity index (χ4n) is 1.69. The summed E-state index contributed by atoms with van der Waals surface area (Å²) in [5.74, 6) is 1.42. The lowest BCUT2D eigenvalue weighted by Gasteiger charge is -2.18. The molecule has 2 nitrogen and oxygen atoms in total. The summed E-state index contributed by atoms with van der Waals surface area (Å²) >= 11 is 6.26. The number of anilines is 1. The molecule has 0 unspecified atom stereocenters. The first-order valence-corrected chi connectivity index (χ1v) is 6.51. The maximum absolute atomic E-state index is 6.26. The summed E-state index contributed by atoms with van der Waals surface area (Å²) in [5.41, 5.74) is 3.14. The summed E-state index contributed by atoms with van der Waals surface area (Å²) < 4.78 is 5.85. The zero-order valence-corrected chi connectivity index (χ0v) is 12.1. The van der Waals surface area contributed by atoms with Crippen molar-refractivity contribution >= 4 is 17.3 Å². The van der Waals surface area contributed by atoms with Crippen molar-refractivity contribution in [1.29, 1.82) is 0 Å². The maximum Gasteiger partial charge on any atom is 0.143 e. The molecule has 1 aromatic rings. The average molecular weight is 256 g/mol. The Morgan fingerprint density at radius 1 is 1.35 bits per heavy atom. The number of aryl methyl sites for hydroxylation is 1. The van der Waals surface area contributed by atoms with E-state index in [1.165, 1.54) is 0 Å². The Hall–Kier alpha value is -0.890. The van der Waals surface area contributed by atoms with Crippen molar-refractivity contribution in [3.8, 4) is 5.75 Å².